The Morgan fingerprint density at radius 3 is 2.78 bits per heavy atom. The third-order valence-corrected chi connectivity index (χ3v) is 4.30. The lowest BCUT2D eigenvalue weighted by Gasteiger charge is -2.21. The summed E-state index contributed by atoms with van der Waals surface area (Å²) in [7, 11) is 3.60. The Morgan fingerprint density at radius 2 is 2.22 bits per heavy atom. The summed E-state index contributed by atoms with van der Waals surface area (Å²) in [5, 5.41) is 6.58. The molecule has 0 radical (unpaired) electrons. The Balaban J connectivity index is 0.00000264. The molecule has 1 N–H and O–H groups in total. The molecular weight excluding hydrogens is 450 g/mol. The van der Waals surface area contributed by atoms with E-state index in [0.717, 1.165) is 10.7 Å². The van der Waals surface area contributed by atoms with Gasteiger partial charge in [0.25, 0.3) is 0 Å². The monoisotopic (exact) mass is 468 g/mol. The van der Waals surface area contributed by atoms with E-state index in [-0.39, 0.29) is 36.3 Å². The summed E-state index contributed by atoms with van der Waals surface area (Å²) in [6, 6.07) is 4.66. The fraction of sp³-hybridized carbons (Fsp3) is 0.333. The first-order chi connectivity index (χ1) is 10.5. The van der Waals surface area contributed by atoms with Crippen LogP contribution in [0.25, 0.3) is 0 Å². The number of rotatable bonds is 4. The number of hydrogen-bond donors (Lipinski definition) is 1. The fourth-order valence-corrected chi connectivity index (χ4v) is 2.89. The number of halogens is 3. The third-order valence-electron chi connectivity index (χ3n) is 3.12. The second kappa shape index (κ2) is 9.39. The molecule has 2 aromatic rings. The Bertz CT molecular complexity index is 657. The van der Waals surface area contributed by atoms with Gasteiger partial charge in [0, 0.05) is 36.6 Å². The van der Waals surface area contributed by atoms with E-state index in [0.29, 0.717) is 23.1 Å². The number of aliphatic imine (C=N–C) groups is 1. The van der Waals surface area contributed by atoms with Crippen molar-refractivity contribution in [1.29, 1.82) is 0 Å². The van der Waals surface area contributed by atoms with Crippen molar-refractivity contribution in [1.82, 2.24) is 15.2 Å². The summed E-state index contributed by atoms with van der Waals surface area (Å²) in [4.78, 5) is 10.6. The van der Waals surface area contributed by atoms with E-state index in [2.05, 4.69) is 15.3 Å². The minimum absolute atomic E-state index is 0. The van der Waals surface area contributed by atoms with E-state index in [1.165, 1.54) is 6.07 Å². The van der Waals surface area contributed by atoms with E-state index >= 15 is 0 Å². The van der Waals surface area contributed by atoms with Gasteiger partial charge in [-0.15, -0.1) is 35.3 Å². The van der Waals surface area contributed by atoms with Crippen LogP contribution in [-0.2, 0) is 13.1 Å². The molecule has 1 heterocycles. The molecule has 1 aromatic heterocycles. The van der Waals surface area contributed by atoms with Crippen molar-refractivity contribution in [3.05, 3.63) is 50.7 Å². The minimum atomic E-state index is -0.326. The highest BCUT2D eigenvalue weighted by Crippen LogP contribution is 2.18. The SMILES string of the molecule is CN=C(NCc1c(F)cccc1Cl)N(C)Cc1csc(C)n1.I. The maximum Gasteiger partial charge on any atom is 0.194 e. The van der Waals surface area contributed by atoms with Crippen LogP contribution in [-0.4, -0.2) is 29.9 Å². The number of aryl methyl sites for hydroxylation is 1. The van der Waals surface area contributed by atoms with Crippen LogP contribution in [0.2, 0.25) is 5.02 Å². The van der Waals surface area contributed by atoms with Gasteiger partial charge >= 0.3 is 0 Å². The lowest BCUT2D eigenvalue weighted by molar-refractivity contribution is 0.469. The van der Waals surface area contributed by atoms with Gasteiger partial charge in [-0.25, -0.2) is 9.37 Å². The Hall–Kier alpha value is -0.930. The van der Waals surface area contributed by atoms with Crippen LogP contribution >= 0.6 is 46.9 Å². The smallest absolute Gasteiger partial charge is 0.194 e. The van der Waals surface area contributed by atoms with E-state index in [1.807, 2.05) is 24.3 Å². The number of nitrogens with one attached hydrogen (secondary N) is 1. The maximum absolute atomic E-state index is 13.8. The second-order valence-corrected chi connectivity index (χ2v) is 6.28. The number of benzene rings is 1. The minimum Gasteiger partial charge on any atom is -0.352 e. The van der Waals surface area contributed by atoms with Gasteiger partial charge in [-0.2, -0.15) is 0 Å². The van der Waals surface area contributed by atoms with Crippen molar-refractivity contribution >= 4 is 52.9 Å². The van der Waals surface area contributed by atoms with Crippen molar-refractivity contribution < 1.29 is 4.39 Å². The Labute approximate surface area is 161 Å². The zero-order valence-electron chi connectivity index (χ0n) is 13.1. The average molecular weight is 469 g/mol. The summed E-state index contributed by atoms with van der Waals surface area (Å²) in [5.74, 6) is 0.332. The number of hydrogen-bond acceptors (Lipinski definition) is 3. The van der Waals surface area contributed by atoms with Gasteiger partial charge in [0.05, 0.1) is 17.2 Å². The zero-order chi connectivity index (χ0) is 16.1. The summed E-state index contributed by atoms with van der Waals surface area (Å²) in [5.41, 5.74) is 1.42. The number of nitrogens with zero attached hydrogens (tertiary/aromatic N) is 3. The van der Waals surface area contributed by atoms with Crippen LogP contribution in [0.15, 0.2) is 28.6 Å². The molecule has 126 valence electrons. The van der Waals surface area contributed by atoms with Crippen molar-refractivity contribution in [2.24, 2.45) is 4.99 Å². The predicted octanol–water partition coefficient (Wildman–Crippen LogP) is 4.07. The third kappa shape index (κ3) is 5.58. The summed E-state index contributed by atoms with van der Waals surface area (Å²) < 4.78 is 13.8. The molecule has 0 amide bonds. The molecule has 0 saturated carbocycles. The zero-order valence-corrected chi connectivity index (χ0v) is 17.0. The average Bonchev–Trinajstić information content (AvgIpc) is 2.87. The molecule has 1 aromatic carbocycles. The summed E-state index contributed by atoms with van der Waals surface area (Å²) in [6.07, 6.45) is 0. The van der Waals surface area contributed by atoms with Crippen molar-refractivity contribution in [2.75, 3.05) is 14.1 Å². The van der Waals surface area contributed by atoms with Gasteiger partial charge in [-0.05, 0) is 19.1 Å². The lowest BCUT2D eigenvalue weighted by Crippen LogP contribution is -2.38. The highest BCUT2D eigenvalue weighted by Gasteiger charge is 2.11. The number of aromatic nitrogens is 1. The summed E-state index contributed by atoms with van der Waals surface area (Å²) >= 11 is 7.64. The molecule has 0 aliphatic heterocycles. The van der Waals surface area contributed by atoms with E-state index in [9.17, 15) is 4.39 Å². The van der Waals surface area contributed by atoms with Crippen LogP contribution in [0.3, 0.4) is 0 Å². The molecule has 2 rings (SSSR count). The van der Waals surface area contributed by atoms with Crippen molar-refractivity contribution in [3.8, 4) is 0 Å². The maximum atomic E-state index is 13.8. The highest BCUT2D eigenvalue weighted by atomic mass is 127. The predicted molar refractivity (Wildman–Crippen MR) is 105 cm³/mol. The van der Waals surface area contributed by atoms with E-state index in [4.69, 9.17) is 11.6 Å². The molecular formula is C15H19ClFIN4S. The standard InChI is InChI=1S/C15H18ClFN4S.HI/c1-10-20-11(9-22-10)8-21(3)15(18-2)19-7-12-13(16)5-4-6-14(12)17;/h4-6,9H,7-8H2,1-3H3,(H,18,19);1H. The van der Waals surface area contributed by atoms with Crippen molar-refractivity contribution in [3.63, 3.8) is 0 Å². The molecule has 0 spiro atoms. The Morgan fingerprint density at radius 1 is 1.48 bits per heavy atom. The summed E-state index contributed by atoms with van der Waals surface area (Å²) in [6.45, 7) is 2.88. The van der Waals surface area contributed by atoms with E-state index in [1.54, 1.807) is 30.5 Å². The van der Waals surface area contributed by atoms with Gasteiger partial charge in [-0.1, -0.05) is 17.7 Å². The molecule has 0 aliphatic rings. The van der Waals surface area contributed by atoms with Gasteiger partial charge in [-0.3, -0.25) is 4.99 Å². The van der Waals surface area contributed by atoms with Crippen LogP contribution in [0, 0.1) is 12.7 Å². The number of guanidine groups is 1. The van der Waals surface area contributed by atoms with Gasteiger partial charge in [0.1, 0.15) is 5.82 Å². The molecule has 0 unspecified atom stereocenters. The molecule has 0 bridgehead atoms. The first-order valence-corrected chi connectivity index (χ1v) is 8.02. The van der Waals surface area contributed by atoms with Crippen LogP contribution in [0.4, 0.5) is 4.39 Å². The first-order valence-electron chi connectivity index (χ1n) is 6.77. The van der Waals surface area contributed by atoms with Gasteiger partial charge in [0.2, 0.25) is 0 Å². The molecule has 0 aliphatic carbocycles. The Kier molecular flexibility index (Phi) is 8.21. The van der Waals surface area contributed by atoms with Gasteiger partial charge in [0.15, 0.2) is 5.96 Å². The van der Waals surface area contributed by atoms with E-state index < -0.39 is 0 Å². The molecule has 0 fully saturated rings. The number of thiazole rings is 1. The van der Waals surface area contributed by atoms with Crippen LogP contribution < -0.4 is 5.32 Å². The topological polar surface area (TPSA) is 40.5 Å². The highest BCUT2D eigenvalue weighted by molar-refractivity contribution is 14.0. The molecule has 0 atom stereocenters. The quantitative estimate of drug-likeness (QED) is 0.418. The normalized spacial score (nSPS) is 11.1. The molecule has 4 nitrogen and oxygen atoms in total. The lowest BCUT2D eigenvalue weighted by atomic mass is 10.2. The van der Waals surface area contributed by atoms with Crippen LogP contribution in [0.1, 0.15) is 16.3 Å². The second-order valence-electron chi connectivity index (χ2n) is 4.81. The first kappa shape index (κ1) is 20.1. The molecule has 0 saturated heterocycles. The van der Waals surface area contributed by atoms with Gasteiger partial charge < -0.3 is 10.2 Å². The fourth-order valence-electron chi connectivity index (χ4n) is 2.05. The molecule has 8 heteroatoms. The van der Waals surface area contributed by atoms with Crippen LogP contribution in [0.5, 0.6) is 0 Å². The van der Waals surface area contributed by atoms with Crippen molar-refractivity contribution in [2.45, 2.75) is 20.0 Å². The molecule has 23 heavy (non-hydrogen) atoms. The largest absolute Gasteiger partial charge is 0.352 e.